The lowest BCUT2D eigenvalue weighted by atomic mass is 10.3. The van der Waals surface area contributed by atoms with Crippen molar-refractivity contribution in [3.05, 3.63) is 47.9 Å². The highest BCUT2D eigenvalue weighted by Gasteiger charge is 2.05. The van der Waals surface area contributed by atoms with E-state index >= 15 is 0 Å². The molecule has 0 fully saturated rings. The van der Waals surface area contributed by atoms with Gasteiger partial charge in [0.1, 0.15) is 5.82 Å². The number of benzene rings is 1. The largest absolute Gasteiger partial charge is 0.481 e. The topological polar surface area (TPSA) is 48.1 Å². The van der Waals surface area contributed by atoms with Gasteiger partial charge in [0.15, 0.2) is 0 Å². The quantitative estimate of drug-likeness (QED) is 0.681. The summed E-state index contributed by atoms with van der Waals surface area (Å²) in [5.74, 6) is 0.875. The lowest BCUT2D eigenvalue weighted by Gasteiger charge is -2.07. The van der Waals surface area contributed by atoms with Crippen molar-refractivity contribution in [3.8, 4) is 5.88 Å². The number of pyridine rings is 1. The van der Waals surface area contributed by atoms with Crippen LogP contribution in [0.3, 0.4) is 0 Å². The van der Waals surface area contributed by atoms with Crippen LogP contribution in [0.15, 0.2) is 41.4 Å². The Morgan fingerprint density at radius 2 is 2.22 bits per heavy atom. The number of nitrogen functional groups attached to an aromatic ring is 1. The van der Waals surface area contributed by atoms with Gasteiger partial charge in [-0.2, -0.15) is 0 Å². The van der Waals surface area contributed by atoms with E-state index in [2.05, 4.69) is 4.98 Å². The molecule has 0 saturated heterocycles. The van der Waals surface area contributed by atoms with Crippen LogP contribution >= 0.6 is 11.8 Å². The van der Waals surface area contributed by atoms with Crippen molar-refractivity contribution < 1.29 is 9.13 Å². The monoisotopic (exact) mass is 264 g/mol. The van der Waals surface area contributed by atoms with Crippen LogP contribution in [-0.4, -0.2) is 12.1 Å². The number of hydrogen-bond acceptors (Lipinski definition) is 4. The molecule has 0 spiro atoms. The molecule has 0 aliphatic rings. The molecule has 0 radical (unpaired) electrons. The van der Waals surface area contributed by atoms with Gasteiger partial charge in [0.25, 0.3) is 0 Å². The van der Waals surface area contributed by atoms with E-state index in [1.807, 2.05) is 12.1 Å². The number of halogens is 1. The second kappa shape index (κ2) is 5.73. The number of nitrogens with zero attached hydrogens (tertiary/aromatic N) is 1. The van der Waals surface area contributed by atoms with E-state index in [0.717, 1.165) is 10.5 Å². The standard InChI is InChI=1S/C13H13FN2OS/c1-17-13-9(3-2-6-16-13)8-18-10-4-5-12(15)11(14)7-10/h2-7H,8,15H2,1H3. The Labute approximate surface area is 109 Å². The second-order valence-electron chi connectivity index (χ2n) is 3.64. The summed E-state index contributed by atoms with van der Waals surface area (Å²) in [5, 5.41) is 0. The molecular weight excluding hydrogens is 251 g/mol. The summed E-state index contributed by atoms with van der Waals surface area (Å²) < 4.78 is 18.4. The molecule has 0 unspecified atom stereocenters. The zero-order valence-corrected chi connectivity index (χ0v) is 10.7. The molecule has 0 aliphatic heterocycles. The number of nitrogens with two attached hydrogens (primary N) is 1. The molecule has 0 aliphatic carbocycles. The fraction of sp³-hybridized carbons (Fsp3) is 0.154. The maximum atomic E-state index is 13.3. The zero-order chi connectivity index (χ0) is 13.0. The molecular formula is C13H13FN2OS. The molecule has 0 atom stereocenters. The van der Waals surface area contributed by atoms with Crippen molar-refractivity contribution >= 4 is 17.4 Å². The van der Waals surface area contributed by atoms with Crippen LogP contribution in [0.5, 0.6) is 5.88 Å². The van der Waals surface area contributed by atoms with Crippen molar-refractivity contribution in [2.24, 2.45) is 0 Å². The third-order valence-electron chi connectivity index (χ3n) is 2.41. The van der Waals surface area contributed by atoms with Gasteiger partial charge in [0.05, 0.1) is 12.8 Å². The maximum Gasteiger partial charge on any atom is 0.217 e. The number of ether oxygens (including phenoxy) is 1. The molecule has 5 heteroatoms. The summed E-state index contributed by atoms with van der Waals surface area (Å²) in [4.78, 5) is 4.94. The highest BCUT2D eigenvalue weighted by Crippen LogP contribution is 2.28. The van der Waals surface area contributed by atoms with Crippen LogP contribution in [0.1, 0.15) is 5.56 Å². The predicted octanol–water partition coefficient (Wildman–Crippen LogP) is 3.10. The van der Waals surface area contributed by atoms with Crippen LogP contribution in [0.4, 0.5) is 10.1 Å². The third kappa shape index (κ3) is 2.92. The number of aromatic nitrogens is 1. The van der Waals surface area contributed by atoms with Gasteiger partial charge in [-0.05, 0) is 24.3 Å². The average Bonchev–Trinajstić information content (AvgIpc) is 2.40. The van der Waals surface area contributed by atoms with E-state index < -0.39 is 5.82 Å². The van der Waals surface area contributed by atoms with Gasteiger partial charge in [0, 0.05) is 22.4 Å². The minimum Gasteiger partial charge on any atom is -0.481 e. The zero-order valence-electron chi connectivity index (χ0n) is 9.89. The van der Waals surface area contributed by atoms with Gasteiger partial charge in [-0.1, -0.05) is 6.07 Å². The normalized spacial score (nSPS) is 10.3. The predicted molar refractivity (Wildman–Crippen MR) is 71.2 cm³/mol. The van der Waals surface area contributed by atoms with E-state index in [1.165, 1.54) is 17.8 Å². The first-order chi connectivity index (χ1) is 8.70. The Hall–Kier alpha value is -1.75. The first-order valence-corrected chi connectivity index (χ1v) is 6.35. The van der Waals surface area contributed by atoms with E-state index in [-0.39, 0.29) is 5.69 Å². The van der Waals surface area contributed by atoms with Gasteiger partial charge < -0.3 is 10.5 Å². The molecule has 0 bridgehead atoms. The van der Waals surface area contributed by atoms with Crippen molar-refractivity contribution in [2.45, 2.75) is 10.6 Å². The van der Waals surface area contributed by atoms with Gasteiger partial charge in [0.2, 0.25) is 5.88 Å². The van der Waals surface area contributed by atoms with Crippen LogP contribution < -0.4 is 10.5 Å². The number of thioether (sulfide) groups is 1. The van der Waals surface area contributed by atoms with Crippen LogP contribution in [-0.2, 0) is 5.75 Å². The Balaban J connectivity index is 2.09. The molecule has 3 nitrogen and oxygen atoms in total. The van der Waals surface area contributed by atoms with E-state index in [9.17, 15) is 4.39 Å². The molecule has 0 amide bonds. The van der Waals surface area contributed by atoms with E-state index in [4.69, 9.17) is 10.5 Å². The summed E-state index contributed by atoms with van der Waals surface area (Å²) in [6.07, 6.45) is 1.68. The molecule has 2 aromatic rings. The smallest absolute Gasteiger partial charge is 0.217 e. The molecule has 1 heterocycles. The van der Waals surface area contributed by atoms with Crippen molar-refractivity contribution in [1.82, 2.24) is 4.98 Å². The number of hydrogen-bond donors (Lipinski definition) is 1. The lowest BCUT2D eigenvalue weighted by Crippen LogP contribution is -1.93. The van der Waals surface area contributed by atoms with E-state index in [0.29, 0.717) is 11.6 Å². The van der Waals surface area contributed by atoms with Crippen molar-refractivity contribution in [2.75, 3.05) is 12.8 Å². The first-order valence-electron chi connectivity index (χ1n) is 5.36. The Bertz CT molecular complexity index is 548. The molecule has 2 rings (SSSR count). The fourth-order valence-corrected chi connectivity index (χ4v) is 2.37. The van der Waals surface area contributed by atoms with Crippen LogP contribution in [0.2, 0.25) is 0 Å². The average molecular weight is 264 g/mol. The van der Waals surface area contributed by atoms with Gasteiger partial charge in [-0.25, -0.2) is 9.37 Å². The summed E-state index contributed by atoms with van der Waals surface area (Å²) in [5.41, 5.74) is 6.57. The first kappa shape index (κ1) is 12.7. The Morgan fingerprint density at radius 1 is 1.39 bits per heavy atom. The maximum absolute atomic E-state index is 13.3. The number of rotatable bonds is 4. The fourth-order valence-electron chi connectivity index (χ4n) is 1.48. The highest BCUT2D eigenvalue weighted by molar-refractivity contribution is 7.98. The molecule has 94 valence electrons. The summed E-state index contributed by atoms with van der Waals surface area (Å²) in [7, 11) is 1.58. The van der Waals surface area contributed by atoms with Gasteiger partial charge in [-0.3, -0.25) is 0 Å². The molecule has 0 saturated carbocycles. The summed E-state index contributed by atoms with van der Waals surface area (Å²) in [6.45, 7) is 0. The minimum absolute atomic E-state index is 0.165. The summed E-state index contributed by atoms with van der Waals surface area (Å²) in [6, 6.07) is 8.58. The molecule has 1 aromatic heterocycles. The lowest BCUT2D eigenvalue weighted by molar-refractivity contribution is 0.394. The van der Waals surface area contributed by atoms with Gasteiger partial charge >= 0.3 is 0 Å². The van der Waals surface area contributed by atoms with Crippen molar-refractivity contribution in [1.29, 1.82) is 0 Å². The second-order valence-corrected chi connectivity index (χ2v) is 4.69. The molecule has 1 aromatic carbocycles. The van der Waals surface area contributed by atoms with Gasteiger partial charge in [-0.15, -0.1) is 11.8 Å². The third-order valence-corrected chi connectivity index (χ3v) is 3.45. The Kier molecular flexibility index (Phi) is 4.04. The van der Waals surface area contributed by atoms with Crippen LogP contribution in [0, 0.1) is 5.82 Å². The SMILES string of the molecule is COc1ncccc1CSc1ccc(N)c(F)c1. The minimum atomic E-state index is -0.391. The van der Waals surface area contributed by atoms with E-state index in [1.54, 1.807) is 25.4 Å². The van der Waals surface area contributed by atoms with Crippen molar-refractivity contribution in [3.63, 3.8) is 0 Å². The molecule has 18 heavy (non-hydrogen) atoms. The molecule has 2 N–H and O–H groups in total. The summed E-state index contributed by atoms with van der Waals surface area (Å²) >= 11 is 1.51. The van der Waals surface area contributed by atoms with Crippen LogP contribution in [0.25, 0.3) is 0 Å². The number of anilines is 1. The Morgan fingerprint density at radius 3 is 2.94 bits per heavy atom. The number of methoxy groups -OCH3 is 1. The highest BCUT2D eigenvalue weighted by atomic mass is 32.2.